The number of methoxy groups -OCH3 is 1. The molecule has 0 saturated heterocycles. The van der Waals surface area contributed by atoms with Gasteiger partial charge in [0.05, 0.1) is 18.4 Å². The van der Waals surface area contributed by atoms with Crippen LogP contribution in [0.25, 0.3) is 11.3 Å². The standard InChI is InChI=1S/C18H15N3O3/c1-24-18(23)13-7-5-12(6-8-13)17(22)20-15-4-2-3-14(11-15)16-9-10-19-21-16/h2-11H,1H3,(H,19,21)(H,20,22). The molecule has 0 saturated carbocycles. The van der Waals surface area contributed by atoms with Crippen LogP contribution in [0.1, 0.15) is 20.7 Å². The summed E-state index contributed by atoms with van der Waals surface area (Å²) in [6.07, 6.45) is 1.67. The van der Waals surface area contributed by atoms with Crippen molar-refractivity contribution in [2.24, 2.45) is 0 Å². The topological polar surface area (TPSA) is 84.1 Å². The van der Waals surface area contributed by atoms with Gasteiger partial charge in [-0.1, -0.05) is 12.1 Å². The Kier molecular flexibility index (Phi) is 4.38. The zero-order chi connectivity index (χ0) is 16.9. The number of ether oxygens (including phenoxy) is 1. The molecule has 3 rings (SSSR count). The maximum Gasteiger partial charge on any atom is 0.337 e. The van der Waals surface area contributed by atoms with Gasteiger partial charge in [0.1, 0.15) is 0 Å². The molecule has 0 aliphatic heterocycles. The van der Waals surface area contributed by atoms with Crippen LogP contribution in [0.4, 0.5) is 5.69 Å². The number of nitrogens with zero attached hydrogens (tertiary/aromatic N) is 1. The molecule has 0 fully saturated rings. The number of hydrogen-bond donors (Lipinski definition) is 2. The number of hydrogen-bond acceptors (Lipinski definition) is 4. The molecule has 0 aliphatic carbocycles. The van der Waals surface area contributed by atoms with Crippen LogP contribution in [0.15, 0.2) is 60.8 Å². The highest BCUT2D eigenvalue weighted by atomic mass is 16.5. The number of H-pyrrole nitrogens is 1. The Hall–Kier alpha value is -3.41. The molecule has 1 aromatic heterocycles. The lowest BCUT2D eigenvalue weighted by Gasteiger charge is -2.07. The third-order valence-corrected chi connectivity index (χ3v) is 3.50. The molecular weight excluding hydrogens is 306 g/mol. The Bertz CT molecular complexity index is 855. The molecule has 0 spiro atoms. The molecule has 1 amide bonds. The van der Waals surface area contributed by atoms with E-state index >= 15 is 0 Å². The maximum atomic E-state index is 12.3. The van der Waals surface area contributed by atoms with Crippen LogP contribution in [0, 0.1) is 0 Å². The molecule has 6 heteroatoms. The van der Waals surface area contributed by atoms with E-state index < -0.39 is 5.97 Å². The lowest BCUT2D eigenvalue weighted by atomic mass is 10.1. The van der Waals surface area contributed by atoms with Gasteiger partial charge in [-0.25, -0.2) is 4.79 Å². The highest BCUT2D eigenvalue weighted by Gasteiger charge is 2.10. The Labute approximate surface area is 138 Å². The highest BCUT2D eigenvalue weighted by molar-refractivity contribution is 6.05. The molecular formula is C18H15N3O3. The lowest BCUT2D eigenvalue weighted by Crippen LogP contribution is -2.12. The van der Waals surface area contributed by atoms with Crippen LogP contribution in [-0.4, -0.2) is 29.2 Å². The monoisotopic (exact) mass is 321 g/mol. The van der Waals surface area contributed by atoms with Crippen LogP contribution in [-0.2, 0) is 4.74 Å². The van der Waals surface area contributed by atoms with E-state index in [9.17, 15) is 9.59 Å². The third-order valence-electron chi connectivity index (χ3n) is 3.50. The molecule has 24 heavy (non-hydrogen) atoms. The summed E-state index contributed by atoms with van der Waals surface area (Å²) in [6.45, 7) is 0. The Morgan fingerprint density at radius 3 is 2.46 bits per heavy atom. The van der Waals surface area contributed by atoms with Gasteiger partial charge in [0.15, 0.2) is 0 Å². The number of nitrogens with one attached hydrogen (secondary N) is 2. The van der Waals surface area contributed by atoms with Crippen LogP contribution in [0.5, 0.6) is 0 Å². The first-order valence-corrected chi connectivity index (χ1v) is 7.27. The van der Waals surface area contributed by atoms with E-state index in [1.807, 2.05) is 24.3 Å². The number of carbonyl (C=O) groups is 2. The van der Waals surface area contributed by atoms with Crippen LogP contribution in [0.3, 0.4) is 0 Å². The molecule has 120 valence electrons. The number of carbonyl (C=O) groups excluding carboxylic acids is 2. The van der Waals surface area contributed by atoms with Crippen LogP contribution in [0.2, 0.25) is 0 Å². The Morgan fingerprint density at radius 1 is 1.04 bits per heavy atom. The summed E-state index contributed by atoms with van der Waals surface area (Å²) in [5.41, 5.74) is 3.31. The number of amides is 1. The van der Waals surface area contributed by atoms with Crippen molar-refractivity contribution in [1.29, 1.82) is 0 Å². The number of benzene rings is 2. The van der Waals surface area contributed by atoms with E-state index in [-0.39, 0.29) is 5.91 Å². The van der Waals surface area contributed by atoms with Gasteiger partial charge in [-0.05, 0) is 42.5 Å². The van der Waals surface area contributed by atoms with Crippen molar-refractivity contribution in [3.63, 3.8) is 0 Å². The quantitative estimate of drug-likeness (QED) is 0.723. The minimum Gasteiger partial charge on any atom is -0.465 e. The fourth-order valence-corrected chi connectivity index (χ4v) is 2.26. The normalized spacial score (nSPS) is 10.2. The van der Waals surface area contributed by atoms with Crippen molar-refractivity contribution < 1.29 is 14.3 Å². The van der Waals surface area contributed by atoms with Crippen molar-refractivity contribution in [2.45, 2.75) is 0 Å². The van der Waals surface area contributed by atoms with Gasteiger partial charge in [0, 0.05) is 23.0 Å². The zero-order valence-corrected chi connectivity index (χ0v) is 12.9. The Balaban J connectivity index is 1.75. The minimum absolute atomic E-state index is 0.256. The second kappa shape index (κ2) is 6.78. The minimum atomic E-state index is -0.436. The summed E-state index contributed by atoms with van der Waals surface area (Å²) in [5, 5.41) is 9.63. The number of rotatable bonds is 4. The van der Waals surface area contributed by atoms with Crippen molar-refractivity contribution in [3.8, 4) is 11.3 Å². The summed E-state index contributed by atoms with van der Waals surface area (Å²) in [5.74, 6) is -0.692. The van der Waals surface area contributed by atoms with E-state index in [0.717, 1.165) is 11.3 Å². The van der Waals surface area contributed by atoms with Gasteiger partial charge in [0.2, 0.25) is 0 Å². The van der Waals surface area contributed by atoms with Gasteiger partial charge in [-0.15, -0.1) is 0 Å². The number of esters is 1. The largest absolute Gasteiger partial charge is 0.465 e. The smallest absolute Gasteiger partial charge is 0.337 e. The second-order valence-corrected chi connectivity index (χ2v) is 5.07. The first-order chi connectivity index (χ1) is 11.7. The fourth-order valence-electron chi connectivity index (χ4n) is 2.26. The average Bonchev–Trinajstić information content (AvgIpc) is 3.16. The van der Waals surface area contributed by atoms with Gasteiger partial charge in [0.25, 0.3) is 5.91 Å². The van der Waals surface area contributed by atoms with Gasteiger partial charge >= 0.3 is 5.97 Å². The van der Waals surface area contributed by atoms with Gasteiger partial charge in [-0.2, -0.15) is 5.10 Å². The van der Waals surface area contributed by atoms with Crippen molar-refractivity contribution in [3.05, 3.63) is 71.9 Å². The molecule has 0 unspecified atom stereocenters. The average molecular weight is 321 g/mol. The first kappa shape index (κ1) is 15.5. The lowest BCUT2D eigenvalue weighted by molar-refractivity contribution is 0.0600. The second-order valence-electron chi connectivity index (χ2n) is 5.07. The molecule has 0 bridgehead atoms. The fraction of sp³-hybridized carbons (Fsp3) is 0.0556. The van der Waals surface area contributed by atoms with Crippen molar-refractivity contribution in [1.82, 2.24) is 10.2 Å². The predicted octanol–water partition coefficient (Wildman–Crippen LogP) is 3.12. The van der Waals surface area contributed by atoms with Gasteiger partial charge < -0.3 is 10.1 Å². The van der Waals surface area contributed by atoms with E-state index in [1.54, 1.807) is 36.5 Å². The van der Waals surface area contributed by atoms with E-state index in [4.69, 9.17) is 0 Å². The van der Waals surface area contributed by atoms with Crippen molar-refractivity contribution >= 4 is 17.6 Å². The molecule has 0 radical (unpaired) electrons. The molecule has 2 N–H and O–H groups in total. The number of anilines is 1. The summed E-state index contributed by atoms with van der Waals surface area (Å²) < 4.78 is 4.63. The molecule has 1 heterocycles. The van der Waals surface area contributed by atoms with Gasteiger partial charge in [-0.3, -0.25) is 9.89 Å². The molecule has 0 atom stereocenters. The zero-order valence-electron chi connectivity index (χ0n) is 12.9. The van der Waals surface area contributed by atoms with Crippen LogP contribution < -0.4 is 5.32 Å². The third kappa shape index (κ3) is 3.33. The summed E-state index contributed by atoms with van der Waals surface area (Å²) in [7, 11) is 1.32. The first-order valence-electron chi connectivity index (χ1n) is 7.27. The maximum absolute atomic E-state index is 12.3. The Morgan fingerprint density at radius 2 is 1.79 bits per heavy atom. The van der Waals surface area contributed by atoms with E-state index in [0.29, 0.717) is 16.8 Å². The molecule has 3 aromatic rings. The highest BCUT2D eigenvalue weighted by Crippen LogP contribution is 2.20. The summed E-state index contributed by atoms with van der Waals surface area (Å²) in [4.78, 5) is 23.7. The van der Waals surface area contributed by atoms with E-state index in [2.05, 4.69) is 20.3 Å². The van der Waals surface area contributed by atoms with E-state index in [1.165, 1.54) is 7.11 Å². The number of aromatic amines is 1. The number of aromatic nitrogens is 2. The molecule has 2 aromatic carbocycles. The summed E-state index contributed by atoms with van der Waals surface area (Å²) >= 11 is 0. The predicted molar refractivity (Wildman–Crippen MR) is 89.8 cm³/mol. The molecule has 6 nitrogen and oxygen atoms in total. The molecule has 0 aliphatic rings. The van der Waals surface area contributed by atoms with Crippen molar-refractivity contribution in [2.75, 3.05) is 12.4 Å². The SMILES string of the molecule is COC(=O)c1ccc(C(=O)Nc2cccc(-c3ccn[nH]3)c2)cc1. The van der Waals surface area contributed by atoms with Crippen LogP contribution >= 0.6 is 0 Å². The summed E-state index contributed by atoms with van der Waals surface area (Å²) in [6, 6.07) is 15.6.